The normalized spacial score (nSPS) is 30.4. The molecule has 1 fully saturated rings. The molecular weight excluding hydrogens is 326 g/mol. The Morgan fingerprint density at radius 3 is 2.55 bits per heavy atom. The molecule has 1 aromatic carbocycles. The molecular formula is C14H11BrNO4-. The summed E-state index contributed by atoms with van der Waals surface area (Å²) < 4.78 is 6.27. The van der Waals surface area contributed by atoms with E-state index < -0.39 is 30.0 Å². The molecule has 20 heavy (non-hydrogen) atoms. The Morgan fingerprint density at radius 1 is 1.20 bits per heavy atom. The first-order valence-electron chi connectivity index (χ1n) is 6.17. The molecule has 1 N–H and O–H groups in total. The number of aliphatic carboxylic acids is 1. The van der Waals surface area contributed by atoms with Gasteiger partial charge in [-0.1, -0.05) is 34.1 Å². The summed E-state index contributed by atoms with van der Waals surface area (Å²) >= 11 is 3.31. The molecule has 2 heterocycles. The molecule has 6 heteroatoms. The van der Waals surface area contributed by atoms with Crippen LogP contribution in [0.1, 0.15) is 0 Å². The van der Waals surface area contributed by atoms with Crippen molar-refractivity contribution < 1.29 is 19.4 Å². The molecule has 104 valence electrons. The molecule has 3 rings (SSSR count). The quantitative estimate of drug-likeness (QED) is 0.824. The minimum absolute atomic E-state index is 0.367. The van der Waals surface area contributed by atoms with Crippen LogP contribution in [-0.2, 0) is 14.3 Å². The number of hydrogen-bond donors (Lipinski definition) is 1. The lowest BCUT2D eigenvalue weighted by Crippen LogP contribution is -2.45. The van der Waals surface area contributed by atoms with Gasteiger partial charge in [0.15, 0.2) is 0 Å². The van der Waals surface area contributed by atoms with Gasteiger partial charge in [-0.25, -0.2) is 0 Å². The number of carboxylic acid groups (broad SMARTS) is 1. The lowest BCUT2D eigenvalue weighted by molar-refractivity contribution is -0.313. The van der Waals surface area contributed by atoms with E-state index in [1.165, 1.54) is 0 Å². The number of carbonyl (C=O) groups excluding carboxylic acids is 2. The second-order valence-electron chi connectivity index (χ2n) is 4.82. The Bertz CT molecular complexity index is 601. The van der Waals surface area contributed by atoms with Gasteiger partial charge in [0, 0.05) is 22.0 Å². The molecule has 0 radical (unpaired) electrons. The minimum atomic E-state index is -1.25. The standard InChI is InChI=1S/C14H12BrNO4/c15-7-2-1-3-8(6-7)16-13(17)11-9-4-5-10(20-9)12(11)14(18)19/h1-6,9-12H,(H,16,17)(H,18,19)/p-1/t9-,10+,11-,12+/m1/s1. The first kappa shape index (κ1) is 13.3. The van der Waals surface area contributed by atoms with Crippen LogP contribution in [0, 0.1) is 11.8 Å². The van der Waals surface area contributed by atoms with Crippen molar-refractivity contribution in [1.82, 2.24) is 0 Å². The molecule has 5 nitrogen and oxygen atoms in total. The molecule has 0 unspecified atom stereocenters. The van der Waals surface area contributed by atoms with E-state index in [-0.39, 0.29) is 5.91 Å². The number of ether oxygens (including phenoxy) is 1. The maximum absolute atomic E-state index is 12.3. The maximum Gasteiger partial charge on any atom is 0.231 e. The molecule has 1 aromatic rings. The van der Waals surface area contributed by atoms with Crippen LogP contribution in [0.15, 0.2) is 40.9 Å². The summed E-state index contributed by atoms with van der Waals surface area (Å²) in [6.07, 6.45) is 2.35. The number of amides is 1. The Kier molecular flexibility index (Phi) is 3.35. The van der Waals surface area contributed by atoms with Crippen LogP contribution in [0.25, 0.3) is 0 Å². The van der Waals surface area contributed by atoms with Gasteiger partial charge in [-0.15, -0.1) is 0 Å². The lowest BCUT2D eigenvalue weighted by atomic mass is 9.82. The third kappa shape index (κ3) is 2.25. The van der Waals surface area contributed by atoms with Crippen molar-refractivity contribution in [3.8, 4) is 0 Å². The molecule has 1 amide bonds. The SMILES string of the molecule is O=C([O-])[C@@H]1[C@H](C(=O)Nc2cccc(Br)c2)[C@H]2C=C[C@@H]1O2. The molecule has 0 spiro atoms. The van der Waals surface area contributed by atoms with Crippen molar-refractivity contribution in [3.05, 3.63) is 40.9 Å². The molecule has 0 aliphatic carbocycles. The zero-order valence-corrected chi connectivity index (χ0v) is 11.9. The summed E-state index contributed by atoms with van der Waals surface area (Å²) in [6.45, 7) is 0. The fourth-order valence-electron chi connectivity index (χ4n) is 2.69. The number of benzene rings is 1. The van der Waals surface area contributed by atoms with Crippen LogP contribution < -0.4 is 10.4 Å². The van der Waals surface area contributed by atoms with E-state index in [0.29, 0.717) is 5.69 Å². The third-order valence-corrected chi connectivity index (χ3v) is 4.06. The van der Waals surface area contributed by atoms with E-state index in [1.807, 2.05) is 6.07 Å². The zero-order valence-electron chi connectivity index (χ0n) is 10.3. The number of rotatable bonds is 3. The van der Waals surface area contributed by atoms with Gasteiger partial charge >= 0.3 is 0 Å². The monoisotopic (exact) mass is 336 g/mol. The first-order chi connectivity index (χ1) is 9.56. The number of fused-ring (bicyclic) bond motifs is 2. The number of hydrogen-bond acceptors (Lipinski definition) is 4. The van der Waals surface area contributed by atoms with E-state index in [2.05, 4.69) is 21.2 Å². The Balaban J connectivity index is 1.80. The summed E-state index contributed by atoms with van der Waals surface area (Å²) in [4.78, 5) is 23.5. The number of carbonyl (C=O) groups is 2. The number of nitrogens with one attached hydrogen (secondary N) is 1. The second-order valence-corrected chi connectivity index (χ2v) is 5.74. The van der Waals surface area contributed by atoms with Crippen molar-refractivity contribution in [1.29, 1.82) is 0 Å². The maximum atomic E-state index is 12.3. The first-order valence-corrected chi connectivity index (χ1v) is 6.96. The van der Waals surface area contributed by atoms with E-state index in [4.69, 9.17) is 4.74 Å². The van der Waals surface area contributed by atoms with Crippen LogP contribution in [-0.4, -0.2) is 24.1 Å². The average molecular weight is 337 g/mol. The highest BCUT2D eigenvalue weighted by Gasteiger charge is 2.50. The van der Waals surface area contributed by atoms with Crippen molar-refractivity contribution in [2.45, 2.75) is 12.2 Å². The highest BCUT2D eigenvalue weighted by Crippen LogP contribution is 2.39. The van der Waals surface area contributed by atoms with E-state index in [0.717, 1.165) is 4.47 Å². The topological polar surface area (TPSA) is 78.5 Å². The molecule has 4 atom stereocenters. The number of halogens is 1. The van der Waals surface area contributed by atoms with Crippen molar-refractivity contribution >= 4 is 33.5 Å². The zero-order chi connectivity index (χ0) is 14.3. The van der Waals surface area contributed by atoms with Crippen LogP contribution in [0.5, 0.6) is 0 Å². The van der Waals surface area contributed by atoms with Crippen molar-refractivity contribution in [3.63, 3.8) is 0 Å². The van der Waals surface area contributed by atoms with E-state index >= 15 is 0 Å². The Morgan fingerprint density at radius 2 is 1.90 bits per heavy atom. The summed E-state index contributed by atoms with van der Waals surface area (Å²) in [7, 11) is 0. The molecule has 2 aliphatic rings. The number of carboxylic acids is 1. The van der Waals surface area contributed by atoms with Crippen LogP contribution in [0.3, 0.4) is 0 Å². The van der Waals surface area contributed by atoms with Crippen LogP contribution >= 0.6 is 15.9 Å². The number of anilines is 1. The van der Waals surface area contributed by atoms with Gasteiger partial charge in [-0.05, 0) is 18.2 Å². The van der Waals surface area contributed by atoms with Crippen molar-refractivity contribution in [2.75, 3.05) is 5.32 Å². The molecule has 2 bridgehead atoms. The molecule has 1 saturated heterocycles. The summed E-state index contributed by atoms with van der Waals surface area (Å²) in [5.74, 6) is -3.31. The highest BCUT2D eigenvalue weighted by molar-refractivity contribution is 9.10. The molecule has 0 aromatic heterocycles. The smallest absolute Gasteiger partial charge is 0.231 e. The van der Waals surface area contributed by atoms with Gasteiger partial charge < -0.3 is 20.0 Å². The fourth-order valence-corrected chi connectivity index (χ4v) is 3.09. The van der Waals surface area contributed by atoms with E-state index in [1.54, 1.807) is 30.4 Å². The largest absolute Gasteiger partial charge is 0.550 e. The lowest BCUT2D eigenvalue weighted by Gasteiger charge is -2.24. The fraction of sp³-hybridized carbons (Fsp3) is 0.286. The summed E-state index contributed by atoms with van der Waals surface area (Å²) in [5.41, 5.74) is 0.605. The highest BCUT2D eigenvalue weighted by atomic mass is 79.9. The Labute approximate surface area is 123 Å². The van der Waals surface area contributed by atoms with Gasteiger partial charge in [-0.3, -0.25) is 4.79 Å². The Hall–Kier alpha value is -1.66. The predicted octanol–water partition coefficient (Wildman–Crippen LogP) is 0.707. The van der Waals surface area contributed by atoms with Gasteiger partial charge in [0.05, 0.1) is 18.1 Å². The molecule has 2 aliphatic heterocycles. The van der Waals surface area contributed by atoms with Gasteiger partial charge in [0.1, 0.15) is 0 Å². The second kappa shape index (κ2) is 5.03. The summed E-state index contributed by atoms with van der Waals surface area (Å²) in [5, 5.41) is 13.9. The average Bonchev–Trinajstić information content (AvgIpc) is 2.98. The minimum Gasteiger partial charge on any atom is -0.550 e. The molecule has 0 saturated carbocycles. The van der Waals surface area contributed by atoms with E-state index in [9.17, 15) is 14.7 Å². The van der Waals surface area contributed by atoms with Crippen molar-refractivity contribution in [2.24, 2.45) is 11.8 Å². The van der Waals surface area contributed by atoms with Crippen LogP contribution in [0.4, 0.5) is 5.69 Å². The third-order valence-electron chi connectivity index (χ3n) is 3.57. The van der Waals surface area contributed by atoms with Gasteiger partial charge in [0.25, 0.3) is 0 Å². The summed E-state index contributed by atoms with van der Waals surface area (Å²) in [6, 6.07) is 7.10. The van der Waals surface area contributed by atoms with Crippen LogP contribution in [0.2, 0.25) is 0 Å². The van der Waals surface area contributed by atoms with Gasteiger partial charge in [0.2, 0.25) is 5.91 Å². The van der Waals surface area contributed by atoms with Gasteiger partial charge in [-0.2, -0.15) is 0 Å². The predicted molar refractivity (Wildman–Crippen MR) is 72.6 cm³/mol.